The van der Waals surface area contributed by atoms with Gasteiger partial charge in [0.15, 0.2) is 5.82 Å². The van der Waals surface area contributed by atoms with Gasteiger partial charge in [-0.05, 0) is 62.1 Å². The first-order valence-electron chi connectivity index (χ1n) is 8.50. The van der Waals surface area contributed by atoms with Crippen LogP contribution in [-0.4, -0.2) is 30.3 Å². The van der Waals surface area contributed by atoms with Gasteiger partial charge >= 0.3 is 0 Å². The normalized spacial score (nSPS) is 27.2. The van der Waals surface area contributed by atoms with Crippen LogP contribution >= 0.6 is 0 Å². The minimum atomic E-state index is 0.817. The molecule has 1 heterocycles. The lowest BCUT2D eigenvalue weighted by Crippen LogP contribution is -2.29. The van der Waals surface area contributed by atoms with E-state index in [1.165, 1.54) is 25.7 Å². The van der Waals surface area contributed by atoms with E-state index in [9.17, 15) is 0 Å². The Bertz CT molecular complexity index is 445. The molecule has 3 rings (SSSR count). The van der Waals surface area contributed by atoms with E-state index in [0.29, 0.717) is 0 Å². The number of rotatable bonds is 7. The van der Waals surface area contributed by atoms with Crippen LogP contribution < -0.4 is 10.2 Å². The molecule has 4 nitrogen and oxygen atoms in total. The fourth-order valence-corrected chi connectivity index (χ4v) is 4.09. The molecule has 2 aliphatic carbocycles. The van der Waals surface area contributed by atoms with Crippen molar-refractivity contribution in [1.29, 1.82) is 0 Å². The van der Waals surface area contributed by atoms with Crippen molar-refractivity contribution >= 4 is 5.82 Å². The fourth-order valence-electron chi connectivity index (χ4n) is 4.09. The standard InChI is InChI=1S/C17H28N4/c1-3-8-18-11-16-6-7-17(20-19-16)21(2)12-15-10-13-4-5-14(15)9-13/h6-7,13-15,18H,3-5,8-12H2,1-2H3. The van der Waals surface area contributed by atoms with Gasteiger partial charge < -0.3 is 10.2 Å². The van der Waals surface area contributed by atoms with E-state index in [1.807, 2.05) is 0 Å². The summed E-state index contributed by atoms with van der Waals surface area (Å²) in [6, 6.07) is 4.21. The smallest absolute Gasteiger partial charge is 0.150 e. The Labute approximate surface area is 128 Å². The topological polar surface area (TPSA) is 41.0 Å². The molecule has 0 aromatic carbocycles. The molecule has 2 bridgehead atoms. The first-order valence-corrected chi connectivity index (χ1v) is 8.50. The molecule has 1 N–H and O–H groups in total. The highest BCUT2D eigenvalue weighted by atomic mass is 15.2. The van der Waals surface area contributed by atoms with Crippen molar-refractivity contribution in [3.8, 4) is 0 Å². The molecule has 2 aliphatic rings. The summed E-state index contributed by atoms with van der Waals surface area (Å²) in [4.78, 5) is 2.29. The Morgan fingerprint density at radius 1 is 1.24 bits per heavy atom. The molecule has 3 atom stereocenters. The molecule has 2 fully saturated rings. The van der Waals surface area contributed by atoms with Crippen LogP contribution in [0.3, 0.4) is 0 Å². The van der Waals surface area contributed by atoms with Crippen LogP contribution in [0.5, 0.6) is 0 Å². The van der Waals surface area contributed by atoms with E-state index in [2.05, 4.69) is 46.5 Å². The molecule has 1 aromatic rings. The number of aromatic nitrogens is 2. The number of anilines is 1. The zero-order chi connectivity index (χ0) is 14.7. The van der Waals surface area contributed by atoms with Gasteiger partial charge in [-0.25, -0.2) is 0 Å². The summed E-state index contributed by atoms with van der Waals surface area (Å²) < 4.78 is 0. The monoisotopic (exact) mass is 288 g/mol. The zero-order valence-corrected chi connectivity index (χ0v) is 13.4. The molecule has 0 saturated heterocycles. The van der Waals surface area contributed by atoms with Gasteiger partial charge in [0.05, 0.1) is 5.69 Å². The SMILES string of the molecule is CCCNCc1ccc(N(C)CC2CC3CCC2C3)nn1. The average molecular weight is 288 g/mol. The minimum Gasteiger partial charge on any atom is -0.358 e. The summed E-state index contributed by atoms with van der Waals surface area (Å²) in [6.07, 6.45) is 6.99. The second kappa shape index (κ2) is 6.73. The summed E-state index contributed by atoms with van der Waals surface area (Å²) in [5.74, 6) is 3.88. The number of fused-ring (bicyclic) bond motifs is 2. The lowest BCUT2D eigenvalue weighted by Gasteiger charge is -2.27. The van der Waals surface area contributed by atoms with Crippen molar-refractivity contribution in [2.45, 2.75) is 45.6 Å². The van der Waals surface area contributed by atoms with Crippen LogP contribution in [0.2, 0.25) is 0 Å². The minimum absolute atomic E-state index is 0.817. The third-order valence-corrected chi connectivity index (χ3v) is 5.22. The Kier molecular flexibility index (Phi) is 4.73. The summed E-state index contributed by atoms with van der Waals surface area (Å²) in [7, 11) is 2.16. The lowest BCUT2D eigenvalue weighted by molar-refractivity contribution is 0.337. The number of hydrogen-bond donors (Lipinski definition) is 1. The number of nitrogens with zero attached hydrogens (tertiary/aromatic N) is 3. The summed E-state index contributed by atoms with van der Waals surface area (Å²) in [6.45, 7) is 5.17. The Morgan fingerprint density at radius 3 is 2.76 bits per heavy atom. The number of hydrogen-bond acceptors (Lipinski definition) is 4. The van der Waals surface area contributed by atoms with Gasteiger partial charge in [0.1, 0.15) is 0 Å². The lowest BCUT2D eigenvalue weighted by atomic mass is 9.88. The molecular weight excluding hydrogens is 260 g/mol. The molecule has 0 radical (unpaired) electrons. The average Bonchev–Trinajstić information content (AvgIpc) is 3.11. The van der Waals surface area contributed by atoms with Crippen molar-refractivity contribution in [3.63, 3.8) is 0 Å². The van der Waals surface area contributed by atoms with Gasteiger partial charge in [0.2, 0.25) is 0 Å². The van der Waals surface area contributed by atoms with Gasteiger partial charge in [-0.15, -0.1) is 5.10 Å². The molecule has 116 valence electrons. The Hall–Kier alpha value is -1.16. The molecule has 1 aromatic heterocycles. The van der Waals surface area contributed by atoms with Gasteiger partial charge in [0.25, 0.3) is 0 Å². The van der Waals surface area contributed by atoms with Crippen molar-refractivity contribution in [2.24, 2.45) is 17.8 Å². The summed E-state index contributed by atoms with van der Waals surface area (Å²) in [5.41, 5.74) is 1.03. The zero-order valence-electron chi connectivity index (χ0n) is 13.4. The van der Waals surface area contributed by atoms with Crippen molar-refractivity contribution in [1.82, 2.24) is 15.5 Å². The second-order valence-electron chi connectivity index (χ2n) is 6.88. The predicted molar refractivity (Wildman–Crippen MR) is 86.2 cm³/mol. The van der Waals surface area contributed by atoms with Crippen LogP contribution in [-0.2, 0) is 6.54 Å². The van der Waals surface area contributed by atoms with E-state index in [4.69, 9.17) is 0 Å². The maximum absolute atomic E-state index is 4.40. The summed E-state index contributed by atoms with van der Waals surface area (Å²) in [5, 5.41) is 12.1. The maximum Gasteiger partial charge on any atom is 0.150 e. The second-order valence-corrected chi connectivity index (χ2v) is 6.88. The van der Waals surface area contributed by atoms with Gasteiger partial charge in [-0.3, -0.25) is 0 Å². The molecular formula is C17H28N4. The van der Waals surface area contributed by atoms with E-state index in [0.717, 1.165) is 55.3 Å². The van der Waals surface area contributed by atoms with Gasteiger partial charge in [0, 0.05) is 20.1 Å². The quantitative estimate of drug-likeness (QED) is 0.783. The molecule has 4 heteroatoms. The van der Waals surface area contributed by atoms with Crippen LogP contribution in [0.1, 0.15) is 44.7 Å². The van der Waals surface area contributed by atoms with E-state index < -0.39 is 0 Å². The van der Waals surface area contributed by atoms with Crippen LogP contribution in [0.15, 0.2) is 12.1 Å². The van der Waals surface area contributed by atoms with Gasteiger partial charge in [-0.1, -0.05) is 13.3 Å². The summed E-state index contributed by atoms with van der Waals surface area (Å²) >= 11 is 0. The van der Waals surface area contributed by atoms with Gasteiger partial charge in [-0.2, -0.15) is 5.10 Å². The molecule has 2 saturated carbocycles. The van der Waals surface area contributed by atoms with E-state index in [1.54, 1.807) is 0 Å². The molecule has 0 amide bonds. The molecule has 0 aliphatic heterocycles. The van der Waals surface area contributed by atoms with E-state index >= 15 is 0 Å². The first-order chi connectivity index (χ1) is 10.3. The maximum atomic E-state index is 4.40. The van der Waals surface area contributed by atoms with E-state index in [-0.39, 0.29) is 0 Å². The highest BCUT2D eigenvalue weighted by Crippen LogP contribution is 2.48. The fraction of sp³-hybridized carbons (Fsp3) is 0.765. The van der Waals surface area contributed by atoms with Crippen molar-refractivity contribution in [3.05, 3.63) is 17.8 Å². The van der Waals surface area contributed by atoms with Crippen molar-refractivity contribution in [2.75, 3.05) is 25.0 Å². The third kappa shape index (κ3) is 3.54. The van der Waals surface area contributed by atoms with Crippen LogP contribution in [0.25, 0.3) is 0 Å². The van der Waals surface area contributed by atoms with Crippen LogP contribution in [0, 0.1) is 17.8 Å². The van der Waals surface area contributed by atoms with Crippen LogP contribution in [0.4, 0.5) is 5.82 Å². The number of nitrogens with one attached hydrogen (secondary N) is 1. The van der Waals surface area contributed by atoms with Crippen molar-refractivity contribution < 1.29 is 0 Å². The Balaban J connectivity index is 1.51. The molecule has 21 heavy (non-hydrogen) atoms. The largest absolute Gasteiger partial charge is 0.358 e. The Morgan fingerprint density at radius 2 is 2.14 bits per heavy atom. The molecule has 0 spiro atoms. The third-order valence-electron chi connectivity index (χ3n) is 5.22. The highest BCUT2D eigenvalue weighted by molar-refractivity contribution is 5.36. The molecule has 3 unspecified atom stereocenters. The predicted octanol–water partition coefficient (Wildman–Crippen LogP) is 2.85. The highest BCUT2D eigenvalue weighted by Gasteiger charge is 2.39. The first kappa shape index (κ1) is 14.8.